The summed E-state index contributed by atoms with van der Waals surface area (Å²) in [6, 6.07) is 4.68. The van der Waals surface area contributed by atoms with Crippen LogP contribution in [0.4, 0.5) is 10.1 Å². The molecule has 0 bridgehead atoms. The minimum absolute atomic E-state index is 0.251. The first-order valence-electron chi connectivity index (χ1n) is 7.78. The van der Waals surface area contributed by atoms with Crippen LogP contribution >= 0.6 is 0 Å². The standard InChI is InChI=1S/C16H16FN5O3/c1-20-14-12(15(23)21(2)16(20)24)18-11(19-14)8-22-6-7-25-10-5-3-4-9(17)13(10)22/h3-5H,6-8H2,1-2H3,(H,18,19). The Kier molecular flexibility index (Phi) is 3.38. The average Bonchev–Trinajstić information content (AvgIpc) is 3.02. The van der Waals surface area contributed by atoms with E-state index in [9.17, 15) is 14.0 Å². The molecule has 130 valence electrons. The number of aryl methyl sites for hydroxylation is 1. The molecule has 0 atom stereocenters. The van der Waals surface area contributed by atoms with E-state index in [1.165, 1.54) is 17.7 Å². The van der Waals surface area contributed by atoms with Gasteiger partial charge in [0.25, 0.3) is 5.56 Å². The molecule has 0 saturated carbocycles. The maximum atomic E-state index is 14.2. The molecule has 0 aliphatic carbocycles. The monoisotopic (exact) mass is 345 g/mol. The van der Waals surface area contributed by atoms with Crippen LogP contribution in [0.2, 0.25) is 0 Å². The van der Waals surface area contributed by atoms with Gasteiger partial charge in [0.15, 0.2) is 5.65 Å². The molecule has 8 nitrogen and oxygen atoms in total. The number of H-pyrrole nitrogens is 1. The van der Waals surface area contributed by atoms with Crippen LogP contribution in [0.1, 0.15) is 5.82 Å². The minimum atomic E-state index is -0.446. The van der Waals surface area contributed by atoms with Crippen LogP contribution in [0, 0.1) is 5.82 Å². The Morgan fingerprint density at radius 3 is 2.88 bits per heavy atom. The number of hydrogen-bond acceptors (Lipinski definition) is 5. The second-order valence-corrected chi connectivity index (χ2v) is 5.94. The zero-order valence-electron chi connectivity index (χ0n) is 13.7. The Bertz CT molecular complexity index is 1100. The SMILES string of the molecule is Cn1c(=O)c2[nH]c(CN3CCOc4cccc(F)c43)nc2n(C)c1=O. The van der Waals surface area contributed by atoms with E-state index in [4.69, 9.17) is 4.74 Å². The van der Waals surface area contributed by atoms with Crippen LogP contribution in [-0.4, -0.2) is 32.3 Å². The lowest BCUT2D eigenvalue weighted by molar-refractivity contribution is 0.303. The van der Waals surface area contributed by atoms with Crippen LogP contribution in [0.3, 0.4) is 0 Å². The van der Waals surface area contributed by atoms with E-state index in [0.717, 1.165) is 4.57 Å². The molecule has 4 rings (SSSR count). The number of para-hydroxylation sites is 1. The summed E-state index contributed by atoms with van der Waals surface area (Å²) in [7, 11) is 2.97. The molecule has 0 radical (unpaired) electrons. The van der Waals surface area contributed by atoms with Gasteiger partial charge in [0.1, 0.15) is 35.2 Å². The summed E-state index contributed by atoms with van der Waals surface area (Å²) in [6.07, 6.45) is 0. The van der Waals surface area contributed by atoms with Crippen molar-refractivity contribution in [2.75, 3.05) is 18.1 Å². The normalized spacial score (nSPS) is 13.8. The Labute approximate surface area is 141 Å². The van der Waals surface area contributed by atoms with Crippen molar-refractivity contribution in [2.45, 2.75) is 6.54 Å². The number of nitrogens with one attached hydrogen (secondary N) is 1. The van der Waals surface area contributed by atoms with Gasteiger partial charge < -0.3 is 14.6 Å². The van der Waals surface area contributed by atoms with Crippen LogP contribution in [0.15, 0.2) is 27.8 Å². The maximum absolute atomic E-state index is 14.2. The van der Waals surface area contributed by atoms with Crippen molar-refractivity contribution in [3.63, 3.8) is 0 Å². The second kappa shape index (κ2) is 5.47. The fourth-order valence-electron chi connectivity index (χ4n) is 3.08. The van der Waals surface area contributed by atoms with E-state index in [0.29, 0.717) is 30.4 Å². The number of fused-ring (bicyclic) bond motifs is 2. The first-order chi connectivity index (χ1) is 12.0. The van der Waals surface area contributed by atoms with Gasteiger partial charge in [-0.2, -0.15) is 0 Å². The summed E-state index contributed by atoms with van der Waals surface area (Å²) >= 11 is 0. The lowest BCUT2D eigenvalue weighted by atomic mass is 10.2. The van der Waals surface area contributed by atoms with Crippen LogP contribution < -0.4 is 20.9 Å². The van der Waals surface area contributed by atoms with Gasteiger partial charge in [0.05, 0.1) is 13.1 Å². The molecule has 1 aliphatic rings. The summed E-state index contributed by atoms with van der Waals surface area (Å²) in [5.74, 6) is 0.576. The predicted molar refractivity (Wildman–Crippen MR) is 89.5 cm³/mol. The first-order valence-corrected chi connectivity index (χ1v) is 7.78. The van der Waals surface area contributed by atoms with Crippen molar-refractivity contribution in [3.8, 4) is 5.75 Å². The second-order valence-electron chi connectivity index (χ2n) is 5.94. The number of benzene rings is 1. The molecule has 25 heavy (non-hydrogen) atoms. The number of imidazole rings is 1. The Morgan fingerprint density at radius 2 is 2.08 bits per heavy atom. The molecule has 9 heteroatoms. The molecule has 1 aliphatic heterocycles. The van der Waals surface area contributed by atoms with Gasteiger partial charge in [-0.05, 0) is 12.1 Å². The average molecular weight is 345 g/mol. The number of aromatic amines is 1. The fraction of sp³-hybridized carbons (Fsp3) is 0.312. The number of halogens is 1. The third-order valence-corrected chi connectivity index (χ3v) is 4.37. The number of aromatic nitrogens is 4. The Balaban J connectivity index is 1.79. The fourth-order valence-corrected chi connectivity index (χ4v) is 3.08. The summed E-state index contributed by atoms with van der Waals surface area (Å²) in [4.78, 5) is 33.4. The first kappa shape index (κ1) is 15.4. The van der Waals surface area contributed by atoms with Gasteiger partial charge in [0.2, 0.25) is 0 Å². The van der Waals surface area contributed by atoms with Gasteiger partial charge >= 0.3 is 5.69 Å². The molecule has 0 amide bonds. The lowest BCUT2D eigenvalue weighted by Crippen LogP contribution is -2.36. The van der Waals surface area contributed by atoms with E-state index in [2.05, 4.69) is 9.97 Å². The van der Waals surface area contributed by atoms with Crippen LogP contribution in [0.25, 0.3) is 11.2 Å². The highest BCUT2D eigenvalue weighted by Gasteiger charge is 2.23. The summed E-state index contributed by atoms with van der Waals surface area (Å²) in [5, 5.41) is 0. The maximum Gasteiger partial charge on any atom is 0.332 e. The minimum Gasteiger partial charge on any atom is -0.489 e. The van der Waals surface area contributed by atoms with Crippen molar-refractivity contribution < 1.29 is 9.13 Å². The van der Waals surface area contributed by atoms with Crippen molar-refractivity contribution in [1.29, 1.82) is 0 Å². The van der Waals surface area contributed by atoms with E-state index in [1.54, 1.807) is 24.1 Å². The van der Waals surface area contributed by atoms with Crippen LogP contribution in [0.5, 0.6) is 5.75 Å². The highest BCUT2D eigenvalue weighted by molar-refractivity contribution is 5.70. The van der Waals surface area contributed by atoms with Crippen LogP contribution in [-0.2, 0) is 20.6 Å². The van der Waals surface area contributed by atoms with E-state index >= 15 is 0 Å². The molecule has 3 aromatic rings. The van der Waals surface area contributed by atoms with Crippen molar-refractivity contribution in [3.05, 3.63) is 50.7 Å². The third-order valence-electron chi connectivity index (χ3n) is 4.37. The van der Waals surface area contributed by atoms with Crippen molar-refractivity contribution >= 4 is 16.9 Å². The highest BCUT2D eigenvalue weighted by atomic mass is 19.1. The van der Waals surface area contributed by atoms with Gasteiger partial charge in [-0.25, -0.2) is 14.2 Å². The van der Waals surface area contributed by atoms with Crippen molar-refractivity contribution in [1.82, 2.24) is 19.1 Å². The lowest BCUT2D eigenvalue weighted by Gasteiger charge is -2.30. The molecule has 0 saturated heterocycles. The van der Waals surface area contributed by atoms with Gasteiger partial charge in [-0.1, -0.05) is 6.07 Å². The molecule has 1 N–H and O–H groups in total. The zero-order chi connectivity index (χ0) is 17.7. The summed E-state index contributed by atoms with van der Waals surface area (Å²) < 4.78 is 22.0. The quantitative estimate of drug-likeness (QED) is 0.731. The topological polar surface area (TPSA) is 85.2 Å². The molecule has 2 aromatic heterocycles. The number of hydrogen-bond donors (Lipinski definition) is 1. The smallest absolute Gasteiger partial charge is 0.332 e. The molecule has 0 unspecified atom stereocenters. The molecule has 0 spiro atoms. The predicted octanol–water partition coefficient (Wildman–Crippen LogP) is 0.498. The Hall–Kier alpha value is -3.10. The Morgan fingerprint density at radius 1 is 1.28 bits per heavy atom. The molecular weight excluding hydrogens is 329 g/mol. The number of ether oxygens (including phenoxy) is 1. The molecular formula is C16H16FN5O3. The van der Waals surface area contributed by atoms with Gasteiger partial charge in [0, 0.05) is 14.1 Å². The van der Waals surface area contributed by atoms with Crippen molar-refractivity contribution in [2.24, 2.45) is 14.1 Å². The summed E-state index contributed by atoms with van der Waals surface area (Å²) in [6.45, 7) is 1.18. The molecule has 1 aromatic carbocycles. The molecule has 0 fully saturated rings. The zero-order valence-corrected chi connectivity index (χ0v) is 13.7. The van der Waals surface area contributed by atoms with Gasteiger partial charge in [-0.3, -0.25) is 13.9 Å². The molecule has 3 heterocycles. The van der Waals surface area contributed by atoms with Gasteiger partial charge in [-0.15, -0.1) is 0 Å². The summed E-state index contributed by atoms with van der Waals surface area (Å²) in [5.41, 5.74) is 0.0199. The number of rotatable bonds is 2. The number of nitrogens with zero attached hydrogens (tertiary/aromatic N) is 4. The van der Waals surface area contributed by atoms with E-state index in [1.807, 2.05) is 0 Å². The largest absolute Gasteiger partial charge is 0.489 e. The van der Waals surface area contributed by atoms with E-state index in [-0.39, 0.29) is 23.5 Å². The number of anilines is 1. The highest BCUT2D eigenvalue weighted by Crippen LogP contribution is 2.34. The third kappa shape index (κ3) is 2.31. The van der Waals surface area contributed by atoms with E-state index < -0.39 is 11.2 Å².